The second-order valence-electron chi connectivity index (χ2n) is 5.94. The lowest BCUT2D eigenvalue weighted by Gasteiger charge is -2.22. The number of Topliss-reactive ketones (excluding diaryl/α,β-unsaturated/α-hetero) is 1. The predicted molar refractivity (Wildman–Crippen MR) is 86.2 cm³/mol. The first-order valence-corrected chi connectivity index (χ1v) is 7.76. The van der Waals surface area contributed by atoms with Gasteiger partial charge in [-0.2, -0.15) is 0 Å². The van der Waals surface area contributed by atoms with Crippen LogP contribution in [-0.4, -0.2) is 20.9 Å². The fraction of sp³-hybridized carbons (Fsp3) is 0.529. The molecule has 114 valence electrons. The molecule has 1 atom stereocenters. The zero-order valence-electron chi connectivity index (χ0n) is 13.2. The van der Waals surface area contributed by atoms with Crippen molar-refractivity contribution < 1.29 is 4.79 Å². The van der Waals surface area contributed by atoms with Crippen LogP contribution in [0.4, 0.5) is 0 Å². The Labute approximate surface area is 126 Å². The van der Waals surface area contributed by atoms with E-state index in [0.29, 0.717) is 12.8 Å². The predicted octanol–water partition coefficient (Wildman–Crippen LogP) is 3.08. The van der Waals surface area contributed by atoms with Crippen LogP contribution in [0, 0.1) is 0 Å². The zero-order chi connectivity index (χ0) is 15.5. The lowest BCUT2D eigenvalue weighted by molar-refractivity contribution is -0.123. The summed E-state index contributed by atoms with van der Waals surface area (Å²) in [7, 11) is 0. The molecule has 0 bridgehead atoms. The molecule has 1 aromatic heterocycles. The first-order valence-electron chi connectivity index (χ1n) is 7.76. The van der Waals surface area contributed by atoms with Crippen LogP contribution in [0.15, 0.2) is 24.3 Å². The van der Waals surface area contributed by atoms with Crippen LogP contribution in [0.2, 0.25) is 0 Å². The van der Waals surface area contributed by atoms with Gasteiger partial charge in [-0.25, -0.2) is 4.98 Å². The summed E-state index contributed by atoms with van der Waals surface area (Å²) in [6.45, 7) is 6.87. The number of ketones is 1. The van der Waals surface area contributed by atoms with E-state index in [2.05, 4.69) is 22.5 Å². The van der Waals surface area contributed by atoms with Crippen molar-refractivity contribution in [3.8, 4) is 0 Å². The van der Waals surface area contributed by atoms with Gasteiger partial charge in [0, 0.05) is 6.54 Å². The molecule has 0 aliphatic carbocycles. The van der Waals surface area contributed by atoms with Crippen LogP contribution in [0.3, 0.4) is 0 Å². The maximum absolute atomic E-state index is 12.5. The highest BCUT2D eigenvalue weighted by atomic mass is 16.1. The Morgan fingerprint density at radius 3 is 2.67 bits per heavy atom. The Morgan fingerprint density at radius 2 is 2.00 bits per heavy atom. The molecule has 4 heteroatoms. The Kier molecular flexibility index (Phi) is 4.78. The van der Waals surface area contributed by atoms with Gasteiger partial charge in [-0.15, -0.1) is 0 Å². The number of aryl methyl sites for hydroxylation is 1. The summed E-state index contributed by atoms with van der Waals surface area (Å²) in [5.74, 6) is 0.896. The van der Waals surface area contributed by atoms with Gasteiger partial charge in [0.15, 0.2) is 5.78 Å². The van der Waals surface area contributed by atoms with Crippen LogP contribution in [0.25, 0.3) is 11.0 Å². The monoisotopic (exact) mass is 287 g/mol. The molecule has 0 fully saturated rings. The molecule has 0 aliphatic rings. The number of hydrogen-bond acceptors (Lipinski definition) is 3. The number of carbonyl (C=O) groups excluding carboxylic acids is 1. The van der Waals surface area contributed by atoms with Crippen molar-refractivity contribution in [1.29, 1.82) is 0 Å². The quantitative estimate of drug-likeness (QED) is 0.851. The largest absolute Gasteiger partial charge is 0.328 e. The van der Waals surface area contributed by atoms with Crippen molar-refractivity contribution in [3.05, 3.63) is 30.1 Å². The molecule has 2 aromatic rings. The van der Waals surface area contributed by atoms with Gasteiger partial charge in [0.25, 0.3) is 0 Å². The summed E-state index contributed by atoms with van der Waals surface area (Å²) in [6.07, 6.45) is 2.93. The first kappa shape index (κ1) is 15.7. The molecule has 0 amide bonds. The van der Waals surface area contributed by atoms with E-state index in [9.17, 15) is 4.79 Å². The SMILES string of the molecule is CCCn1c(CC(=O)C(C)(N)CCC)nc2ccccc21. The van der Waals surface area contributed by atoms with Crippen molar-refractivity contribution in [2.45, 2.75) is 58.5 Å². The molecule has 1 aromatic carbocycles. The number of benzene rings is 1. The third kappa shape index (κ3) is 3.32. The normalized spacial score (nSPS) is 14.3. The van der Waals surface area contributed by atoms with Gasteiger partial charge in [-0.05, 0) is 31.9 Å². The van der Waals surface area contributed by atoms with E-state index in [1.165, 1.54) is 0 Å². The van der Waals surface area contributed by atoms with E-state index in [0.717, 1.165) is 36.2 Å². The molecule has 2 N–H and O–H groups in total. The number of fused-ring (bicyclic) bond motifs is 1. The number of hydrogen-bond donors (Lipinski definition) is 1. The standard InChI is InChI=1S/C17H25N3O/c1-4-10-17(3,18)15(21)12-16-19-13-8-6-7-9-14(13)20(16)11-5-2/h6-9H,4-5,10-12,18H2,1-3H3. The lowest BCUT2D eigenvalue weighted by atomic mass is 9.90. The fourth-order valence-electron chi connectivity index (χ4n) is 2.74. The highest BCUT2D eigenvalue weighted by Crippen LogP contribution is 2.19. The summed E-state index contributed by atoms with van der Waals surface area (Å²) in [5.41, 5.74) is 7.43. The third-order valence-electron chi connectivity index (χ3n) is 3.91. The second kappa shape index (κ2) is 6.39. The van der Waals surface area contributed by atoms with Crippen molar-refractivity contribution >= 4 is 16.8 Å². The highest BCUT2D eigenvalue weighted by Gasteiger charge is 2.28. The number of nitrogens with two attached hydrogens (primary N) is 1. The number of nitrogens with zero attached hydrogens (tertiary/aromatic N) is 2. The number of imidazole rings is 1. The van der Waals surface area contributed by atoms with Crippen LogP contribution in [0.1, 0.15) is 45.9 Å². The van der Waals surface area contributed by atoms with Gasteiger partial charge < -0.3 is 10.3 Å². The Morgan fingerprint density at radius 1 is 1.29 bits per heavy atom. The molecule has 1 unspecified atom stereocenters. The number of carbonyl (C=O) groups is 1. The first-order chi connectivity index (χ1) is 9.99. The smallest absolute Gasteiger partial charge is 0.159 e. The van der Waals surface area contributed by atoms with Crippen molar-refractivity contribution in [3.63, 3.8) is 0 Å². The Bertz CT molecular complexity index is 628. The third-order valence-corrected chi connectivity index (χ3v) is 3.91. The molecule has 0 spiro atoms. The minimum atomic E-state index is -0.760. The Balaban J connectivity index is 2.33. The molecule has 1 heterocycles. The number of rotatable bonds is 7. The fourth-order valence-corrected chi connectivity index (χ4v) is 2.74. The molecular weight excluding hydrogens is 262 g/mol. The summed E-state index contributed by atoms with van der Waals surface area (Å²) in [5, 5.41) is 0. The average Bonchev–Trinajstić information content (AvgIpc) is 2.77. The second-order valence-corrected chi connectivity index (χ2v) is 5.94. The molecule has 4 nitrogen and oxygen atoms in total. The summed E-state index contributed by atoms with van der Waals surface area (Å²) in [4.78, 5) is 17.1. The van der Waals surface area contributed by atoms with Crippen molar-refractivity contribution in [2.75, 3.05) is 0 Å². The number of para-hydroxylation sites is 2. The van der Waals surface area contributed by atoms with Gasteiger partial charge in [0.2, 0.25) is 0 Å². The van der Waals surface area contributed by atoms with Gasteiger partial charge in [-0.1, -0.05) is 32.4 Å². The maximum atomic E-state index is 12.5. The molecule has 0 radical (unpaired) electrons. The summed E-state index contributed by atoms with van der Waals surface area (Å²) >= 11 is 0. The maximum Gasteiger partial charge on any atom is 0.159 e. The van der Waals surface area contributed by atoms with E-state index in [-0.39, 0.29) is 5.78 Å². The van der Waals surface area contributed by atoms with Crippen LogP contribution < -0.4 is 5.73 Å². The van der Waals surface area contributed by atoms with E-state index in [1.54, 1.807) is 0 Å². The van der Waals surface area contributed by atoms with E-state index >= 15 is 0 Å². The Hall–Kier alpha value is -1.68. The van der Waals surface area contributed by atoms with Crippen molar-refractivity contribution in [2.24, 2.45) is 5.73 Å². The minimum Gasteiger partial charge on any atom is -0.328 e. The number of aromatic nitrogens is 2. The molecule has 21 heavy (non-hydrogen) atoms. The highest BCUT2D eigenvalue weighted by molar-refractivity contribution is 5.89. The summed E-state index contributed by atoms with van der Waals surface area (Å²) < 4.78 is 2.15. The minimum absolute atomic E-state index is 0.0667. The van der Waals surface area contributed by atoms with Gasteiger partial charge in [-0.3, -0.25) is 4.79 Å². The van der Waals surface area contributed by atoms with Crippen LogP contribution in [-0.2, 0) is 17.8 Å². The van der Waals surface area contributed by atoms with Gasteiger partial charge in [0.1, 0.15) is 5.82 Å². The molecule has 2 rings (SSSR count). The molecule has 0 saturated heterocycles. The topological polar surface area (TPSA) is 60.9 Å². The lowest BCUT2D eigenvalue weighted by Crippen LogP contribution is -2.45. The van der Waals surface area contributed by atoms with E-state index < -0.39 is 5.54 Å². The van der Waals surface area contributed by atoms with Gasteiger partial charge >= 0.3 is 0 Å². The van der Waals surface area contributed by atoms with Crippen LogP contribution >= 0.6 is 0 Å². The van der Waals surface area contributed by atoms with E-state index in [4.69, 9.17) is 5.73 Å². The van der Waals surface area contributed by atoms with E-state index in [1.807, 2.05) is 32.0 Å². The zero-order valence-corrected chi connectivity index (χ0v) is 13.2. The van der Waals surface area contributed by atoms with Crippen LogP contribution in [0.5, 0.6) is 0 Å². The van der Waals surface area contributed by atoms with Crippen molar-refractivity contribution in [1.82, 2.24) is 9.55 Å². The molecule has 0 aliphatic heterocycles. The van der Waals surface area contributed by atoms with Gasteiger partial charge in [0.05, 0.1) is 23.0 Å². The summed E-state index contributed by atoms with van der Waals surface area (Å²) in [6, 6.07) is 8.02. The molecule has 0 saturated carbocycles. The average molecular weight is 287 g/mol. The molecular formula is C17H25N3O.